The van der Waals surface area contributed by atoms with E-state index in [1.54, 1.807) is 30.5 Å². The molecule has 176 valence electrons. The molecule has 1 aliphatic rings. The van der Waals surface area contributed by atoms with Crippen LogP contribution in [0.5, 0.6) is 0 Å². The molecule has 1 heterocycles. The van der Waals surface area contributed by atoms with E-state index in [1.807, 2.05) is 53.3 Å². The predicted octanol–water partition coefficient (Wildman–Crippen LogP) is 5.52. The van der Waals surface area contributed by atoms with E-state index >= 15 is 0 Å². The molecule has 35 heavy (non-hydrogen) atoms. The number of carbonyl (C=O) groups excluding carboxylic acids is 2. The lowest BCUT2D eigenvalue weighted by molar-refractivity contribution is 0.0937. The zero-order chi connectivity index (χ0) is 24.0. The first-order valence-corrected chi connectivity index (χ1v) is 12.0. The van der Waals surface area contributed by atoms with Gasteiger partial charge in [-0.15, -0.1) is 0 Å². The van der Waals surface area contributed by atoms with Gasteiger partial charge in [0.15, 0.2) is 0 Å². The number of hydrogen-bond donors (Lipinski definition) is 2. The summed E-state index contributed by atoms with van der Waals surface area (Å²) in [7, 11) is 0. The third kappa shape index (κ3) is 5.49. The van der Waals surface area contributed by atoms with Crippen LogP contribution in [0.4, 0.5) is 5.69 Å². The van der Waals surface area contributed by atoms with Crippen LogP contribution in [0, 0.1) is 0 Å². The van der Waals surface area contributed by atoms with Crippen molar-refractivity contribution in [3.63, 3.8) is 0 Å². The molecule has 6 heteroatoms. The van der Waals surface area contributed by atoms with E-state index in [0.29, 0.717) is 23.4 Å². The fourth-order valence-electron chi connectivity index (χ4n) is 4.55. The Morgan fingerprint density at radius 2 is 1.60 bits per heavy atom. The summed E-state index contributed by atoms with van der Waals surface area (Å²) in [6, 6.07) is 25.0. The average molecular weight is 465 g/mol. The Bertz CT molecular complexity index is 1290. The van der Waals surface area contributed by atoms with Crippen LogP contribution in [-0.4, -0.2) is 27.6 Å². The molecule has 2 amide bonds. The average Bonchev–Trinajstić information content (AvgIpc) is 3.60. The van der Waals surface area contributed by atoms with Crippen LogP contribution >= 0.6 is 0 Å². The Balaban J connectivity index is 1.27. The molecule has 1 fully saturated rings. The summed E-state index contributed by atoms with van der Waals surface area (Å²) in [6.07, 6.45) is 8.14. The van der Waals surface area contributed by atoms with Gasteiger partial charge in [0, 0.05) is 35.2 Å². The lowest BCUT2D eigenvalue weighted by atomic mass is 9.98. The minimum absolute atomic E-state index is 0.0591. The summed E-state index contributed by atoms with van der Waals surface area (Å²) >= 11 is 0. The number of nitrogens with zero attached hydrogens (tertiary/aromatic N) is 2. The molecule has 3 aromatic carbocycles. The summed E-state index contributed by atoms with van der Waals surface area (Å²) in [5.74, 6) is -0.250. The van der Waals surface area contributed by atoms with Gasteiger partial charge in [-0.2, -0.15) is 5.10 Å². The maximum Gasteiger partial charge on any atom is 0.256 e. The third-order valence-electron chi connectivity index (χ3n) is 6.44. The molecule has 0 saturated heterocycles. The van der Waals surface area contributed by atoms with Gasteiger partial charge < -0.3 is 10.6 Å². The SMILES string of the molecule is O=C(NC1CCCC1)c1ccc(NC(=O)c2ccccc2-c2ccc(Cn3cccn3)cc2)cc1. The van der Waals surface area contributed by atoms with Gasteiger partial charge in [0.25, 0.3) is 11.8 Å². The van der Waals surface area contributed by atoms with Crippen molar-refractivity contribution in [2.24, 2.45) is 0 Å². The van der Waals surface area contributed by atoms with Crippen molar-refractivity contribution in [2.75, 3.05) is 5.32 Å². The summed E-state index contributed by atoms with van der Waals surface area (Å²) in [5.41, 5.74) is 4.82. The largest absolute Gasteiger partial charge is 0.349 e. The molecule has 0 spiro atoms. The highest BCUT2D eigenvalue weighted by Gasteiger charge is 2.18. The molecule has 1 aromatic heterocycles. The minimum Gasteiger partial charge on any atom is -0.349 e. The van der Waals surface area contributed by atoms with E-state index in [2.05, 4.69) is 27.9 Å². The Hall–Kier alpha value is -4.19. The van der Waals surface area contributed by atoms with Gasteiger partial charge >= 0.3 is 0 Å². The highest BCUT2D eigenvalue weighted by Crippen LogP contribution is 2.25. The van der Waals surface area contributed by atoms with Gasteiger partial charge in [0.05, 0.1) is 6.54 Å². The van der Waals surface area contributed by atoms with Crippen molar-refractivity contribution in [3.05, 3.63) is 108 Å². The minimum atomic E-state index is -0.190. The van der Waals surface area contributed by atoms with Gasteiger partial charge in [-0.25, -0.2) is 0 Å². The molecule has 0 radical (unpaired) electrons. The Labute approximate surface area is 205 Å². The van der Waals surface area contributed by atoms with Crippen LogP contribution in [0.1, 0.15) is 52.0 Å². The van der Waals surface area contributed by atoms with Crippen molar-refractivity contribution in [2.45, 2.75) is 38.3 Å². The van der Waals surface area contributed by atoms with Gasteiger partial charge in [-0.1, -0.05) is 55.3 Å². The quantitative estimate of drug-likeness (QED) is 0.378. The monoisotopic (exact) mass is 464 g/mol. The number of carbonyl (C=O) groups is 2. The van der Waals surface area contributed by atoms with E-state index in [4.69, 9.17) is 0 Å². The third-order valence-corrected chi connectivity index (χ3v) is 6.44. The van der Waals surface area contributed by atoms with Crippen LogP contribution in [0.2, 0.25) is 0 Å². The van der Waals surface area contributed by atoms with E-state index < -0.39 is 0 Å². The molecule has 0 unspecified atom stereocenters. The second kappa shape index (κ2) is 10.4. The molecule has 6 nitrogen and oxygen atoms in total. The number of benzene rings is 3. The first-order chi connectivity index (χ1) is 17.2. The summed E-state index contributed by atoms with van der Waals surface area (Å²) in [4.78, 5) is 25.6. The fraction of sp³-hybridized carbons (Fsp3) is 0.207. The van der Waals surface area contributed by atoms with Crippen molar-refractivity contribution >= 4 is 17.5 Å². The summed E-state index contributed by atoms with van der Waals surface area (Å²) in [6.45, 7) is 0.698. The lowest BCUT2D eigenvalue weighted by Gasteiger charge is -2.13. The van der Waals surface area contributed by atoms with Gasteiger partial charge in [-0.3, -0.25) is 14.3 Å². The standard InChI is InChI=1S/C29H28N4O2/c34-28(31-24-6-1-2-7-24)23-14-16-25(17-15-23)32-29(35)27-9-4-3-8-26(27)22-12-10-21(11-13-22)20-33-19-5-18-30-33/h3-5,8-19,24H,1-2,6-7,20H2,(H,31,34)(H,32,35). The highest BCUT2D eigenvalue weighted by atomic mass is 16.2. The second-order valence-corrected chi connectivity index (χ2v) is 8.93. The van der Waals surface area contributed by atoms with E-state index in [-0.39, 0.29) is 17.9 Å². The van der Waals surface area contributed by atoms with Gasteiger partial charge in [-0.05, 0) is 65.9 Å². The highest BCUT2D eigenvalue weighted by molar-refractivity contribution is 6.09. The molecule has 1 saturated carbocycles. The smallest absolute Gasteiger partial charge is 0.256 e. The van der Waals surface area contributed by atoms with E-state index in [9.17, 15) is 9.59 Å². The van der Waals surface area contributed by atoms with Crippen LogP contribution in [0.15, 0.2) is 91.3 Å². The second-order valence-electron chi connectivity index (χ2n) is 8.93. The zero-order valence-electron chi connectivity index (χ0n) is 19.5. The number of anilines is 1. The molecular formula is C29H28N4O2. The summed E-state index contributed by atoms with van der Waals surface area (Å²) in [5, 5.41) is 10.3. The molecule has 0 aliphatic heterocycles. The van der Waals surface area contributed by atoms with Crippen LogP contribution in [0.3, 0.4) is 0 Å². The molecular weight excluding hydrogens is 436 g/mol. The van der Waals surface area contributed by atoms with Crippen LogP contribution in [0.25, 0.3) is 11.1 Å². The zero-order valence-corrected chi connectivity index (χ0v) is 19.5. The molecule has 1 aliphatic carbocycles. The number of aromatic nitrogens is 2. The van der Waals surface area contributed by atoms with Crippen LogP contribution in [-0.2, 0) is 6.54 Å². The Morgan fingerprint density at radius 3 is 2.31 bits per heavy atom. The maximum atomic E-state index is 13.1. The maximum absolute atomic E-state index is 13.1. The normalized spacial score (nSPS) is 13.5. The molecule has 4 aromatic rings. The van der Waals surface area contributed by atoms with Gasteiger partial charge in [0.2, 0.25) is 0 Å². The van der Waals surface area contributed by atoms with E-state index in [0.717, 1.165) is 29.5 Å². The van der Waals surface area contributed by atoms with Crippen molar-refractivity contribution in [1.82, 2.24) is 15.1 Å². The summed E-state index contributed by atoms with van der Waals surface area (Å²) < 4.78 is 1.88. The first kappa shape index (κ1) is 22.6. The predicted molar refractivity (Wildman–Crippen MR) is 137 cm³/mol. The van der Waals surface area contributed by atoms with E-state index in [1.165, 1.54) is 12.8 Å². The number of nitrogens with one attached hydrogen (secondary N) is 2. The van der Waals surface area contributed by atoms with Gasteiger partial charge in [0.1, 0.15) is 0 Å². The van der Waals surface area contributed by atoms with Crippen LogP contribution < -0.4 is 10.6 Å². The van der Waals surface area contributed by atoms with Crippen molar-refractivity contribution in [1.29, 1.82) is 0 Å². The molecule has 0 bridgehead atoms. The lowest BCUT2D eigenvalue weighted by Crippen LogP contribution is -2.32. The topological polar surface area (TPSA) is 76.0 Å². The molecule has 2 N–H and O–H groups in total. The fourth-order valence-corrected chi connectivity index (χ4v) is 4.55. The number of rotatable bonds is 7. The molecule has 0 atom stereocenters. The number of amides is 2. The van der Waals surface area contributed by atoms with Crippen molar-refractivity contribution < 1.29 is 9.59 Å². The van der Waals surface area contributed by atoms with Crippen molar-refractivity contribution in [3.8, 4) is 11.1 Å². The molecule has 5 rings (SSSR count). The number of hydrogen-bond acceptors (Lipinski definition) is 3. The Morgan fingerprint density at radius 1 is 0.857 bits per heavy atom. The first-order valence-electron chi connectivity index (χ1n) is 12.0. The Kier molecular flexibility index (Phi) is 6.70.